The molecule has 0 radical (unpaired) electrons. The van der Waals surface area contributed by atoms with Crippen LogP contribution in [0, 0.1) is 0 Å². The number of halogens is 2. The monoisotopic (exact) mass is 712 g/mol. The van der Waals surface area contributed by atoms with Gasteiger partial charge in [-0.2, -0.15) is 10.2 Å². The van der Waals surface area contributed by atoms with Gasteiger partial charge < -0.3 is 24.7 Å². The SMILES string of the molecule is CC(=O)N1CCc2c(c(N3CCCc4cc(-c5cnn(C)c5)c(C(F)F)cc43)nn2C2CCN(C3CCN(c4ccc(C(=O)O)cc4)CC3)CC2)C1. The summed E-state index contributed by atoms with van der Waals surface area (Å²) in [5, 5.41) is 18.8. The second-order valence-electron chi connectivity index (χ2n) is 14.7. The van der Waals surface area contributed by atoms with Crippen LogP contribution in [-0.4, -0.2) is 91.7 Å². The van der Waals surface area contributed by atoms with Crippen LogP contribution >= 0.6 is 0 Å². The first kappa shape index (κ1) is 34.3. The average molecular weight is 713 g/mol. The van der Waals surface area contributed by atoms with Crippen molar-refractivity contribution in [3.05, 3.63) is 76.7 Å². The van der Waals surface area contributed by atoms with E-state index >= 15 is 0 Å². The number of piperidine rings is 2. The van der Waals surface area contributed by atoms with E-state index in [0.717, 1.165) is 99.4 Å². The summed E-state index contributed by atoms with van der Waals surface area (Å²) in [4.78, 5) is 32.8. The van der Waals surface area contributed by atoms with Crippen molar-refractivity contribution in [1.82, 2.24) is 29.4 Å². The van der Waals surface area contributed by atoms with Crippen LogP contribution in [0.2, 0.25) is 0 Å². The quantitative estimate of drug-likeness (QED) is 0.241. The number of hydrogen-bond donors (Lipinski definition) is 1. The minimum Gasteiger partial charge on any atom is -0.478 e. The highest BCUT2D eigenvalue weighted by molar-refractivity contribution is 5.88. The molecule has 0 spiro atoms. The van der Waals surface area contributed by atoms with Crippen LogP contribution in [0.15, 0.2) is 48.8 Å². The zero-order valence-electron chi connectivity index (χ0n) is 29.8. The molecule has 4 aliphatic rings. The molecule has 0 unspecified atom stereocenters. The Bertz CT molecular complexity index is 1960. The number of alkyl halides is 2. The number of anilines is 3. The van der Waals surface area contributed by atoms with Crippen LogP contribution in [0.3, 0.4) is 0 Å². The number of aromatic nitrogens is 4. The van der Waals surface area contributed by atoms with E-state index in [2.05, 4.69) is 24.5 Å². The van der Waals surface area contributed by atoms with Crippen LogP contribution in [-0.2, 0) is 31.2 Å². The highest BCUT2D eigenvalue weighted by Gasteiger charge is 2.36. The number of carbonyl (C=O) groups excluding carboxylic acids is 1. The average Bonchev–Trinajstić information content (AvgIpc) is 3.77. The Kier molecular flexibility index (Phi) is 9.23. The van der Waals surface area contributed by atoms with E-state index in [0.29, 0.717) is 42.4 Å². The molecule has 2 aromatic carbocycles. The molecule has 8 rings (SSSR count). The van der Waals surface area contributed by atoms with E-state index < -0.39 is 12.4 Å². The largest absolute Gasteiger partial charge is 0.478 e. The molecule has 0 atom stereocenters. The number of carbonyl (C=O) groups is 2. The fraction of sp³-hybridized carbons (Fsp3) is 0.487. The molecule has 2 aromatic heterocycles. The van der Waals surface area contributed by atoms with Crippen molar-refractivity contribution in [1.29, 1.82) is 0 Å². The summed E-state index contributed by atoms with van der Waals surface area (Å²) in [6.45, 7) is 7.23. The van der Waals surface area contributed by atoms with Gasteiger partial charge in [0, 0.05) is 106 Å². The van der Waals surface area contributed by atoms with Crippen molar-refractivity contribution < 1.29 is 23.5 Å². The van der Waals surface area contributed by atoms with Gasteiger partial charge in [0.1, 0.15) is 0 Å². The van der Waals surface area contributed by atoms with Gasteiger partial charge >= 0.3 is 5.97 Å². The standard InChI is InChI=1S/C39H46F2N8O3/c1-25(50)47-19-13-35-34(24-47)38(48-14-3-4-27-20-32(28-22-42-44(2)23-28)33(37(40)41)21-36(27)48)43-49(35)31-11-17-46(18-12-31)30-9-15-45(16-10-30)29-7-5-26(6-8-29)39(51)52/h5-8,20-23,30-31,37H,3-4,9-19,24H2,1-2H3,(H,51,52). The first-order chi connectivity index (χ1) is 25.1. The molecular weight excluding hydrogens is 666 g/mol. The van der Waals surface area contributed by atoms with Gasteiger partial charge in [-0.15, -0.1) is 0 Å². The van der Waals surface area contributed by atoms with Crippen molar-refractivity contribution >= 4 is 29.1 Å². The minimum absolute atomic E-state index is 0.00777. The number of hydrogen-bond acceptors (Lipinski definition) is 7. The van der Waals surface area contributed by atoms with Gasteiger partial charge in [-0.3, -0.25) is 14.2 Å². The highest BCUT2D eigenvalue weighted by atomic mass is 19.3. The molecule has 13 heteroatoms. The number of aromatic carboxylic acids is 1. The van der Waals surface area contributed by atoms with E-state index in [1.165, 1.54) is 5.69 Å². The van der Waals surface area contributed by atoms with Gasteiger partial charge in [-0.25, -0.2) is 13.6 Å². The lowest BCUT2D eigenvalue weighted by Gasteiger charge is -2.42. The molecule has 4 aliphatic heterocycles. The van der Waals surface area contributed by atoms with E-state index in [4.69, 9.17) is 5.10 Å². The van der Waals surface area contributed by atoms with Gasteiger partial charge in [-0.1, -0.05) is 0 Å². The number of likely N-dealkylation sites (tertiary alicyclic amines) is 1. The number of aryl methyl sites for hydroxylation is 2. The molecule has 1 N–H and O–H groups in total. The van der Waals surface area contributed by atoms with Crippen molar-refractivity contribution in [2.75, 3.05) is 49.1 Å². The van der Waals surface area contributed by atoms with E-state index in [1.54, 1.807) is 49.2 Å². The summed E-state index contributed by atoms with van der Waals surface area (Å²) in [6.07, 6.45) is 7.22. The zero-order valence-corrected chi connectivity index (χ0v) is 29.8. The first-order valence-electron chi connectivity index (χ1n) is 18.5. The summed E-state index contributed by atoms with van der Waals surface area (Å²) in [5.41, 5.74) is 6.57. The Hall–Kier alpha value is -4.78. The summed E-state index contributed by atoms with van der Waals surface area (Å²) in [7, 11) is 1.79. The van der Waals surface area contributed by atoms with E-state index in [9.17, 15) is 23.5 Å². The maximum absolute atomic E-state index is 14.6. The highest BCUT2D eigenvalue weighted by Crippen LogP contribution is 2.44. The predicted octanol–water partition coefficient (Wildman–Crippen LogP) is 6.21. The van der Waals surface area contributed by atoms with E-state index in [-0.39, 0.29) is 17.5 Å². The lowest BCUT2D eigenvalue weighted by atomic mass is 9.92. The first-order valence-corrected chi connectivity index (χ1v) is 18.5. The molecule has 274 valence electrons. The van der Waals surface area contributed by atoms with Gasteiger partial charge in [0.2, 0.25) is 5.91 Å². The lowest BCUT2D eigenvalue weighted by Crippen LogP contribution is -2.48. The number of nitrogens with zero attached hydrogens (tertiary/aromatic N) is 8. The Morgan fingerprint density at radius 2 is 1.65 bits per heavy atom. The topological polar surface area (TPSA) is 103 Å². The lowest BCUT2D eigenvalue weighted by molar-refractivity contribution is -0.129. The summed E-state index contributed by atoms with van der Waals surface area (Å²) < 4.78 is 33.2. The molecule has 11 nitrogen and oxygen atoms in total. The molecule has 52 heavy (non-hydrogen) atoms. The van der Waals surface area contributed by atoms with Crippen LogP contribution in [0.1, 0.15) is 84.2 Å². The molecule has 0 saturated carbocycles. The molecule has 0 aliphatic carbocycles. The second-order valence-corrected chi connectivity index (χ2v) is 14.7. The van der Waals surface area contributed by atoms with Crippen LogP contribution in [0.25, 0.3) is 11.1 Å². The van der Waals surface area contributed by atoms with Crippen LogP contribution < -0.4 is 9.80 Å². The van der Waals surface area contributed by atoms with Gasteiger partial charge in [0.25, 0.3) is 6.43 Å². The minimum atomic E-state index is -2.65. The molecule has 1 amide bonds. The number of amides is 1. The fourth-order valence-corrected chi connectivity index (χ4v) is 8.88. The molecule has 0 bridgehead atoms. The second kappa shape index (κ2) is 14.0. The number of benzene rings is 2. The Balaban J connectivity index is 1.02. The molecular formula is C39H46F2N8O3. The maximum Gasteiger partial charge on any atom is 0.335 e. The summed E-state index contributed by atoms with van der Waals surface area (Å²) in [5.74, 6) is -0.0851. The van der Waals surface area contributed by atoms with Crippen molar-refractivity contribution in [2.45, 2.75) is 76.9 Å². The summed E-state index contributed by atoms with van der Waals surface area (Å²) in [6, 6.07) is 11.5. The van der Waals surface area contributed by atoms with Crippen molar-refractivity contribution in [2.24, 2.45) is 7.05 Å². The fourth-order valence-electron chi connectivity index (χ4n) is 8.88. The third-order valence-corrected chi connectivity index (χ3v) is 11.7. The van der Waals surface area contributed by atoms with Gasteiger partial charge in [-0.05, 0) is 86.1 Å². The Morgan fingerprint density at radius 1 is 0.923 bits per heavy atom. The van der Waals surface area contributed by atoms with Crippen LogP contribution in [0.5, 0.6) is 0 Å². The molecule has 2 saturated heterocycles. The number of rotatable bonds is 7. The third-order valence-electron chi connectivity index (χ3n) is 11.7. The van der Waals surface area contributed by atoms with Crippen molar-refractivity contribution in [3.8, 4) is 11.1 Å². The molecule has 2 fully saturated rings. The molecule has 4 aromatic rings. The van der Waals surface area contributed by atoms with E-state index in [1.807, 2.05) is 23.1 Å². The third kappa shape index (κ3) is 6.44. The normalized spacial score (nSPS) is 18.9. The van der Waals surface area contributed by atoms with Crippen molar-refractivity contribution in [3.63, 3.8) is 0 Å². The predicted molar refractivity (Wildman–Crippen MR) is 194 cm³/mol. The van der Waals surface area contributed by atoms with Gasteiger partial charge in [0.15, 0.2) is 5.82 Å². The van der Waals surface area contributed by atoms with Gasteiger partial charge in [0.05, 0.1) is 24.3 Å². The van der Waals surface area contributed by atoms with Crippen LogP contribution in [0.4, 0.5) is 26.0 Å². The number of fused-ring (bicyclic) bond motifs is 2. The number of carboxylic acid groups (broad SMARTS) is 1. The smallest absolute Gasteiger partial charge is 0.335 e. The Morgan fingerprint density at radius 3 is 2.31 bits per heavy atom. The molecule has 6 heterocycles. The maximum atomic E-state index is 14.6. The number of carboxylic acids is 1. The summed E-state index contributed by atoms with van der Waals surface area (Å²) >= 11 is 0. The Labute approximate surface area is 302 Å². The zero-order chi connectivity index (χ0) is 36.1.